The van der Waals surface area contributed by atoms with E-state index in [-0.39, 0.29) is 5.91 Å². The number of hydrogen-bond donors (Lipinski definition) is 4. The van der Waals surface area contributed by atoms with E-state index in [9.17, 15) is 9.59 Å². The summed E-state index contributed by atoms with van der Waals surface area (Å²) in [5.41, 5.74) is 0.725. The monoisotopic (exact) mass is 196 g/mol. The second kappa shape index (κ2) is 3.02. The van der Waals surface area contributed by atoms with Gasteiger partial charge >= 0.3 is 6.09 Å². The zero-order valence-corrected chi connectivity index (χ0v) is 7.07. The van der Waals surface area contributed by atoms with Crippen LogP contribution in [0.2, 0.25) is 0 Å². The first-order valence-electron chi connectivity index (χ1n) is 3.99. The molecule has 1 aliphatic heterocycles. The number of anilines is 1. The molecule has 4 N–H and O–H groups in total. The summed E-state index contributed by atoms with van der Waals surface area (Å²) in [7, 11) is 0. The van der Waals surface area contributed by atoms with Crippen LogP contribution in [0, 0.1) is 0 Å². The van der Waals surface area contributed by atoms with Gasteiger partial charge in [-0.05, 0) is 0 Å². The molecular weight excluding hydrogens is 188 g/mol. The fourth-order valence-electron chi connectivity index (χ4n) is 1.35. The van der Waals surface area contributed by atoms with Crippen molar-refractivity contribution in [3.05, 3.63) is 12.0 Å². The molecule has 7 heteroatoms. The van der Waals surface area contributed by atoms with Crippen molar-refractivity contribution in [1.29, 1.82) is 0 Å². The predicted octanol–water partition coefficient (Wildman–Crippen LogP) is -0.460. The molecule has 2 rings (SSSR count). The number of carbonyl (C=O) groups is 2. The molecular formula is C7H8N4O3. The summed E-state index contributed by atoms with van der Waals surface area (Å²) in [6, 6.07) is -0.750. The van der Waals surface area contributed by atoms with Crippen LogP contribution in [0.3, 0.4) is 0 Å². The average molecular weight is 196 g/mol. The van der Waals surface area contributed by atoms with Gasteiger partial charge in [-0.3, -0.25) is 4.79 Å². The first kappa shape index (κ1) is 8.54. The van der Waals surface area contributed by atoms with E-state index in [1.807, 2.05) is 0 Å². The third-order valence-electron chi connectivity index (χ3n) is 1.98. The van der Waals surface area contributed by atoms with Crippen LogP contribution in [-0.2, 0) is 11.2 Å². The van der Waals surface area contributed by atoms with Gasteiger partial charge in [0, 0.05) is 6.42 Å². The van der Waals surface area contributed by atoms with E-state index in [1.54, 1.807) is 0 Å². The number of aromatic nitrogens is 2. The number of H-pyrrole nitrogens is 1. The first-order chi connectivity index (χ1) is 6.66. The van der Waals surface area contributed by atoms with Crippen molar-refractivity contribution < 1.29 is 14.7 Å². The smallest absolute Gasteiger partial charge is 0.405 e. The van der Waals surface area contributed by atoms with E-state index >= 15 is 0 Å². The first-order valence-corrected chi connectivity index (χ1v) is 3.99. The van der Waals surface area contributed by atoms with Crippen molar-refractivity contribution in [1.82, 2.24) is 15.3 Å². The van der Waals surface area contributed by atoms with Gasteiger partial charge in [-0.25, -0.2) is 9.78 Å². The molecule has 2 amide bonds. The fraction of sp³-hybridized carbons (Fsp3) is 0.286. The highest BCUT2D eigenvalue weighted by atomic mass is 16.4. The van der Waals surface area contributed by atoms with E-state index in [1.165, 1.54) is 6.33 Å². The maximum absolute atomic E-state index is 11.3. The fourth-order valence-corrected chi connectivity index (χ4v) is 1.35. The highest BCUT2D eigenvalue weighted by molar-refractivity contribution is 5.98. The van der Waals surface area contributed by atoms with Crippen LogP contribution in [0.25, 0.3) is 0 Å². The number of amides is 2. The van der Waals surface area contributed by atoms with Gasteiger partial charge in [0.15, 0.2) is 5.82 Å². The van der Waals surface area contributed by atoms with Crippen molar-refractivity contribution in [3.8, 4) is 0 Å². The standard InChI is InChI=1S/C7H8N4O3/c12-6-4(10-7(13)14)1-3-5(11-6)9-2-8-3/h2,4,10H,1H2,(H,8,9)(H,11,12)(H,13,14). The van der Waals surface area contributed by atoms with Crippen molar-refractivity contribution in [2.45, 2.75) is 12.5 Å². The Kier molecular flexibility index (Phi) is 1.84. The maximum Gasteiger partial charge on any atom is 0.405 e. The van der Waals surface area contributed by atoms with Gasteiger partial charge in [-0.1, -0.05) is 0 Å². The second-order valence-electron chi connectivity index (χ2n) is 2.93. The molecule has 14 heavy (non-hydrogen) atoms. The summed E-state index contributed by atoms with van der Waals surface area (Å²) in [4.78, 5) is 28.3. The topological polar surface area (TPSA) is 107 Å². The summed E-state index contributed by atoms with van der Waals surface area (Å²) in [6.07, 6.45) is 0.537. The van der Waals surface area contributed by atoms with Crippen LogP contribution in [-0.4, -0.2) is 33.1 Å². The molecule has 74 valence electrons. The largest absolute Gasteiger partial charge is 0.465 e. The minimum atomic E-state index is -1.21. The van der Waals surface area contributed by atoms with Gasteiger partial charge in [0.2, 0.25) is 5.91 Å². The lowest BCUT2D eigenvalue weighted by molar-refractivity contribution is -0.118. The van der Waals surface area contributed by atoms with Crippen molar-refractivity contribution in [2.75, 3.05) is 5.32 Å². The molecule has 0 radical (unpaired) electrons. The number of fused-ring (bicyclic) bond motifs is 1. The quantitative estimate of drug-likeness (QED) is 0.487. The van der Waals surface area contributed by atoms with Crippen LogP contribution in [0.15, 0.2) is 6.33 Å². The summed E-state index contributed by atoms with van der Waals surface area (Å²) in [6.45, 7) is 0. The molecule has 2 heterocycles. The van der Waals surface area contributed by atoms with Crippen LogP contribution < -0.4 is 10.6 Å². The van der Waals surface area contributed by atoms with Gasteiger partial charge < -0.3 is 20.7 Å². The summed E-state index contributed by atoms with van der Waals surface area (Å²) in [5, 5.41) is 13.1. The average Bonchev–Trinajstić information content (AvgIpc) is 2.51. The van der Waals surface area contributed by atoms with Crippen molar-refractivity contribution >= 4 is 17.8 Å². The Hall–Kier alpha value is -2.05. The highest BCUT2D eigenvalue weighted by Crippen LogP contribution is 2.17. The SMILES string of the molecule is O=C(O)NC1Cc2[nH]cnc2NC1=O. The summed E-state index contributed by atoms with van der Waals surface area (Å²) in [5.74, 6) is 0.0884. The molecule has 0 saturated carbocycles. The van der Waals surface area contributed by atoms with Gasteiger partial charge in [0.05, 0.1) is 12.0 Å². The van der Waals surface area contributed by atoms with Gasteiger partial charge in [-0.2, -0.15) is 0 Å². The molecule has 0 fully saturated rings. The van der Waals surface area contributed by atoms with E-state index < -0.39 is 12.1 Å². The molecule has 0 aliphatic carbocycles. The molecule has 0 bridgehead atoms. The van der Waals surface area contributed by atoms with Crippen LogP contribution in [0.1, 0.15) is 5.69 Å². The lowest BCUT2D eigenvalue weighted by Gasteiger charge is -2.20. The Balaban J connectivity index is 2.17. The summed E-state index contributed by atoms with van der Waals surface area (Å²) < 4.78 is 0. The maximum atomic E-state index is 11.3. The molecule has 7 nitrogen and oxygen atoms in total. The number of nitrogens with one attached hydrogen (secondary N) is 3. The second-order valence-corrected chi connectivity index (χ2v) is 2.93. The van der Waals surface area contributed by atoms with Crippen LogP contribution in [0.5, 0.6) is 0 Å². The molecule has 0 spiro atoms. The normalized spacial score (nSPS) is 19.7. The van der Waals surface area contributed by atoms with E-state index in [0.29, 0.717) is 12.2 Å². The summed E-state index contributed by atoms with van der Waals surface area (Å²) >= 11 is 0. The molecule has 1 unspecified atom stereocenters. The Morgan fingerprint density at radius 1 is 1.71 bits per heavy atom. The highest BCUT2D eigenvalue weighted by Gasteiger charge is 2.28. The number of imidazole rings is 1. The Labute approximate surface area is 78.5 Å². The number of aromatic amines is 1. The Bertz CT molecular complexity index is 386. The van der Waals surface area contributed by atoms with Gasteiger partial charge in [0.25, 0.3) is 0 Å². The van der Waals surface area contributed by atoms with Crippen molar-refractivity contribution in [2.24, 2.45) is 0 Å². The third kappa shape index (κ3) is 1.39. The zero-order valence-electron chi connectivity index (χ0n) is 7.07. The molecule has 1 aromatic rings. The molecule has 1 aromatic heterocycles. The van der Waals surface area contributed by atoms with Crippen LogP contribution >= 0.6 is 0 Å². The lowest BCUT2D eigenvalue weighted by atomic mass is 10.1. The lowest BCUT2D eigenvalue weighted by Crippen LogP contribution is -2.47. The predicted molar refractivity (Wildman–Crippen MR) is 45.9 cm³/mol. The van der Waals surface area contributed by atoms with Gasteiger partial charge in [0.1, 0.15) is 6.04 Å². The van der Waals surface area contributed by atoms with E-state index in [0.717, 1.165) is 5.69 Å². The number of carbonyl (C=O) groups excluding carboxylic acids is 1. The minimum absolute atomic E-state index is 0.299. The zero-order chi connectivity index (χ0) is 10.1. The van der Waals surface area contributed by atoms with Crippen molar-refractivity contribution in [3.63, 3.8) is 0 Å². The molecule has 0 saturated heterocycles. The third-order valence-corrected chi connectivity index (χ3v) is 1.98. The number of rotatable bonds is 1. The number of hydrogen-bond acceptors (Lipinski definition) is 3. The number of carboxylic acid groups (broad SMARTS) is 1. The Morgan fingerprint density at radius 2 is 2.50 bits per heavy atom. The Morgan fingerprint density at radius 3 is 3.21 bits per heavy atom. The molecule has 1 atom stereocenters. The van der Waals surface area contributed by atoms with E-state index in [2.05, 4.69) is 20.6 Å². The molecule has 0 aromatic carbocycles. The number of nitrogens with zero attached hydrogens (tertiary/aromatic N) is 1. The van der Waals surface area contributed by atoms with E-state index in [4.69, 9.17) is 5.11 Å². The van der Waals surface area contributed by atoms with Gasteiger partial charge in [-0.15, -0.1) is 0 Å². The minimum Gasteiger partial charge on any atom is -0.465 e. The molecule has 1 aliphatic rings. The van der Waals surface area contributed by atoms with Crippen LogP contribution in [0.4, 0.5) is 10.6 Å².